The molecule has 2 unspecified atom stereocenters. The van der Waals surface area contributed by atoms with Crippen LogP contribution in [0.3, 0.4) is 0 Å². The van der Waals surface area contributed by atoms with E-state index < -0.39 is 0 Å². The zero-order valence-corrected chi connectivity index (χ0v) is 7.18. The molecule has 0 heterocycles. The van der Waals surface area contributed by atoms with E-state index in [0.29, 0.717) is 0 Å². The SMILES string of the molecule is CC(=O)C1=CC2CCCC12C. The molecule has 2 aliphatic rings. The molecule has 0 bridgehead atoms. The van der Waals surface area contributed by atoms with Gasteiger partial charge in [-0.1, -0.05) is 19.4 Å². The number of allylic oxidation sites excluding steroid dienone is 2. The third-order valence-electron chi connectivity index (χ3n) is 3.39. The number of hydrogen-bond acceptors (Lipinski definition) is 1. The Morgan fingerprint density at radius 3 is 3.00 bits per heavy atom. The van der Waals surface area contributed by atoms with Gasteiger partial charge < -0.3 is 0 Å². The lowest BCUT2D eigenvalue weighted by atomic mass is 9.63. The summed E-state index contributed by atoms with van der Waals surface area (Å²) >= 11 is 0. The summed E-state index contributed by atoms with van der Waals surface area (Å²) in [5.41, 5.74) is 1.38. The van der Waals surface area contributed by atoms with Gasteiger partial charge in [0.25, 0.3) is 0 Å². The van der Waals surface area contributed by atoms with Crippen molar-refractivity contribution >= 4 is 5.78 Å². The van der Waals surface area contributed by atoms with E-state index in [9.17, 15) is 4.79 Å². The molecule has 2 rings (SSSR count). The van der Waals surface area contributed by atoms with Gasteiger partial charge in [-0.05, 0) is 31.3 Å². The van der Waals surface area contributed by atoms with Gasteiger partial charge in [-0.25, -0.2) is 0 Å². The maximum absolute atomic E-state index is 11.1. The zero-order valence-electron chi connectivity index (χ0n) is 7.18. The molecule has 0 aromatic rings. The number of carbonyl (C=O) groups excluding carboxylic acids is 1. The molecule has 0 spiro atoms. The van der Waals surface area contributed by atoms with E-state index in [1.807, 2.05) is 0 Å². The highest BCUT2D eigenvalue weighted by Gasteiger charge is 2.48. The van der Waals surface area contributed by atoms with E-state index in [0.717, 1.165) is 11.5 Å². The van der Waals surface area contributed by atoms with Crippen LogP contribution in [0.25, 0.3) is 0 Å². The highest BCUT2D eigenvalue weighted by molar-refractivity contribution is 5.96. The fourth-order valence-electron chi connectivity index (χ4n) is 2.61. The van der Waals surface area contributed by atoms with Crippen LogP contribution in [0.5, 0.6) is 0 Å². The Hall–Kier alpha value is -0.590. The fourth-order valence-corrected chi connectivity index (χ4v) is 2.61. The quantitative estimate of drug-likeness (QED) is 0.560. The van der Waals surface area contributed by atoms with Crippen LogP contribution in [0.15, 0.2) is 11.6 Å². The summed E-state index contributed by atoms with van der Waals surface area (Å²) < 4.78 is 0. The van der Waals surface area contributed by atoms with Crippen molar-refractivity contribution in [2.75, 3.05) is 0 Å². The average Bonchev–Trinajstić information content (AvgIpc) is 2.15. The van der Waals surface area contributed by atoms with Crippen molar-refractivity contribution in [1.82, 2.24) is 0 Å². The molecule has 0 saturated heterocycles. The van der Waals surface area contributed by atoms with E-state index in [-0.39, 0.29) is 11.2 Å². The molecule has 1 saturated carbocycles. The first kappa shape index (κ1) is 7.08. The second-order valence-electron chi connectivity index (χ2n) is 4.05. The summed E-state index contributed by atoms with van der Waals surface area (Å²) in [5, 5.41) is 0. The molecule has 0 aromatic heterocycles. The van der Waals surface area contributed by atoms with Gasteiger partial charge in [0, 0.05) is 5.41 Å². The Balaban J connectivity index is 2.29. The second-order valence-corrected chi connectivity index (χ2v) is 4.05. The maximum Gasteiger partial charge on any atom is 0.156 e. The van der Waals surface area contributed by atoms with Crippen LogP contribution in [0.2, 0.25) is 0 Å². The summed E-state index contributed by atoms with van der Waals surface area (Å²) in [6.45, 7) is 3.92. The first-order valence-corrected chi connectivity index (χ1v) is 4.38. The van der Waals surface area contributed by atoms with E-state index in [1.165, 1.54) is 19.3 Å². The molecule has 0 aliphatic heterocycles. The number of fused-ring (bicyclic) bond motifs is 1. The minimum atomic E-state index is 0.283. The highest BCUT2D eigenvalue weighted by atomic mass is 16.1. The Morgan fingerprint density at radius 1 is 1.73 bits per heavy atom. The lowest BCUT2D eigenvalue weighted by Gasteiger charge is -2.40. The third kappa shape index (κ3) is 0.741. The van der Waals surface area contributed by atoms with Gasteiger partial charge in [-0.15, -0.1) is 0 Å². The van der Waals surface area contributed by atoms with Gasteiger partial charge in [0.05, 0.1) is 0 Å². The lowest BCUT2D eigenvalue weighted by Crippen LogP contribution is -2.35. The summed E-state index contributed by atoms with van der Waals surface area (Å²) in [5.74, 6) is 1.01. The van der Waals surface area contributed by atoms with Gasteiger partial charge in [0.15, 0.2) is 5.78 Å². The highest BCUT2D eigenvalue weighted by Crippen LogP contribution is 2.56. The molecule has 0 amide bonds. The first-order chi connectivity index (χ1) is 5.14. The smallest absolute Gasteiger partial charge is 0.156 e. The maximum atomic E-state index is 11.1. The summed E-state index contributed by atoms with van der Waals surface area (Å²) in [7, 11) is 0. The Morgan fingerprint density at radius 2 is 2.45 bits per heavy atom. The van der Waals surface area contributed by atoms with Crippen molar-refractivity contribution in [3.05, 3.63) is 11.6 Å². The molecule has 11 heavy (non-hydrogen) atoms. The molecule has 0 aromatic carbocycles. The minimum absolute atomic E-state index is 0.283. The first-order valence-electron chi connectivity index (χ1n) is 4.38. The van der Waals surface area contributed by atoms with Crippen LogP contribution in [0.1, 0.15) is 33.1 Å². The summed E-state index contributed by atoms with van der Waals surface area (Å²) in [6, 6.07) is 0. The van der Waals surface area contributed by atoms with Crippen LogP contribution in [0, 0.1) is 11.3 Å². The molecule has 0 radical (unpaired) electrons. The third-order valence-corrected chi connectivity index (χ3v) is 3.39. The van der Waals surface area contributed by atoms with Crippen LogP contribution in [0.4, 0.5) is 0 Å². The number of hydrogen-bond donors (Lipinski definition) is 0. The van der Waals surface area contributed by atoms with Crippen molar-refractivity contribution in [2.45, 2.75) is 33.1 Å². The molecule has 1 heteroatoms. The largest absolute Gasteiger partial charge is 0.295 e. The van der Waals surface area contributed by atoms with Gasteiger partial charge in [0.1, 0.15) is 0 Å². The predicted octanol–water partition coefficient (Wildman–Crippen LogP) is 2.32. The molecular weight excluding hydrogens is 136 g/mol. The summed E-state index contributed by atoms with van der Waals surface area (Å²) in [4.78, 5) is 11.1. The van der Waals surface area contributed by atoms with E-state index in [4.69, 9.17) is 0 Å². The van der Waals surface area contributed by atoms with Gasteiger partial charge >= 0.3 is 0 Å². The zero-order chi connectivity index (χ0) is 8.06. The Kier molecular flexibility index (Phi) is 1.26. The normalized spacial score (nSPS) is 40.9. The molecule has 0 N–H and O–H groups in total. The number of Topliss-reactive ketones (excluding diaryl/α,β-unsaturated/α-hetero) is 1. The van der Waals surface area contributed by atoms with Crippen molar-refractivity contribution < 1.29 is 4.79 Å². The molecule has 1 nitrogen and oxygen atoms in total. The Labute approximate surface area is 67.5 Å². The van der Waals surface area contributed by atoms with Crippen molar-refractivity contribution in [3.8, 4) is 0 Å². The fraction of sp³-hybridized carbons (Fsp3) is 0.700. The lowest BCUT2D eigenvalue weighted by molar-refractivity contribution is -0.115. The van der Waals surface area contributed by atoms with E-state index >= 15 is 0 Å². The standard InChI is InChI=1S/C10H14O/c1-7(11)9-6-8-4-3-5-10(8,9)2/h6,8H,3-5H2,1-2H3. The Bertz CT molecular complexity index is 239. The topological polar surface area (TPSA) is 17.1 Å². The van der Waals surface area contributed by atoms with Gasteiger partial charge in [-0.3, -0.25) is 4.79 Å². The molecule has 60 valence electrons. The molecule has 1 fully saturated rings. The predicted molar refractivity (Wildman–Crippen MR) is 44.2 cm³/mol. The molecule has 2 aliphatic carbocycles. The van der Waals surface area contributed by atoms with E-state index in [1.54, 1.807) is 6.92 Å². The average molecular weight is 150 g/mol. The second kappa shape index (κ2) is 1.96. The number of rotatable bonds is 1. The van der Waals surface area contributed by atoms with Gasteiger partial charge in [-0.2, -0.15) is 0 Å². The van der Waals surface area contributed by atoms with Crippen molar-refractivity contribution in [1.29, 1.82) is 0 Å². The number of carbonyl (C=O) groups is 1. The summed E-state index contributed by atoms with van der Waals surface area (Å²) in [6.07, 6.45) is 6.00. The van der Waals surface area contributed by atoms with Crippen LogP contribution in [-0.2, 0) is 4.79 Å². The van der Waals surface area contributed by atoms with Gasteiger partial charge in [0.2, 0.25) is 0 Å². The van der Waals surface area contributed by atoms with Crippen molar-refractivity contribution in [2.24, 2.45) is 11.3 Å². The van der Waals surface area contributed by atoms with E-state index in [2.05, 4.69) is 13.0 Å². The molecule has 2 atom stereocenters. The monoisotopic (exact) mass is 150 g/mol. The minimum Gasteiger partial charge on any atom is -0.295 e. The molecular formula is C10H14O. The van der Waals surface area contributed by atoms with Crippen molar-refractivity contribution in [3.63, 3.8) is 0 Å². The van der Waals surface area contributed by atoms with Crippen LogP contribution in [-0.4, -0.2) is 5.78 Å². The van der Waals surface area contributed by atoms with Crippen LogP contribution >= 0.6 is 0 Å². The van der Waals surface area contributed by atoms with Crippen LogP contribution < -0.4 is 0 Å². The number of ketones is 1.